The summed E-state index contributed by atoms with van der Waals surface area (Å²) in [6, 6.07) is 19.7. The molecule has 0 spiro atoms. The number of hydrogen-bond acceptors (Lipinski definition) is 3. The third-order valence-corrected chi connectivity index (χ3v) is 5.07. The Labute approximate surface area is 177 Å². The first kappa shape index (κ1) is 18.7. The summed E-state index contributed by atoms with van der Waals surface area (Å²) in [6.45, 7) is 0.406. The van der Waals surface area contributed by atoms with Crippen LogP contribution in [0.5, 0.6) is 0 Å². The van der Waals surface area contributed by atoms with Gasteiger partial charge in [-0.1, -0.05) is 18.2 Å². The van der Waals surface area contributed by atoms with Crippen LogP contribution in [0.15, 0.2) is 91.5 Å². The molecule has 1 aromatic carbocycles. The van der Waals surface area contributed by atoms with Crippen molar-refractivity contribution in [2.24, 2.45) is 0 Å². The summed E-state index contributed by atoms with van der Waals surface area (Å²) >= 11 is 0. The Kier molecular flexibility index (Phi) is 4.76. The average Bonchev–Trinajstić information content (AvgIpc) is 3.45. The summed E-state index contributed by atoms with van der Waals surface area (Å²) in [5, 5.41) is 7.32. The molecule has 0 unspecified atom stereocenters. The van der Waals surface area contributed by atoms with E-state index in [1.807, 2.05) is 47.0 Å². The van der Waals surface area contributed by atoms with Gasteiger partial charge in [0.15, 0.2) is 5.69 Å². The van der Waals surface area contributed by atoms with Gasteiger partial charge in [-0.25, -0.2) is 9.07 Å². The fraction of sp³-hybridized carbons (Fsp3) is 0.0417. The fourth-order valence-corrected chi connectivity index (χ4v) is 3.43. The van der Waals surface area contributed by atoms with Crippen LogP contribution in [-0.2, 0) is 6.54 Å². The summed E-state index contributed by atoms with van der Waals surface area (Å²) in [6.07, 6.45) is 7.11. The van der Waals surface area contributed by atoms with Crippen molar-refractivity contribution in [1.29, 1.82) is 0 Å². The standard InChI is InChI=1S/C24H18FN5O/c25-20-4-1-18(2-5-20)19-3-6-21-7-8-23(29(21)16-19)30-14-11-22(28-30)24(31)27-15-17-9-12-26-13-10-17/h1-14,16H,15H2,(H,27,31). The first-order chi connectivity index (χ1) is 15.2. The molecule has 4 aromatic heterocycles. The molecule has 6 nitrogen and oxygen atoms in total. The van der Waals surface area contributed by atoms with Crippen molar-refractivity contribution < 1.29 is 9.18 Å². The predicted octanol–water partition coefficient (Wildman–Crippen LogP) is 4.26. The van der Waals surface area contributed by atoms with E-state index in [2.05, 4.69) is 15.4 Å². The number of carbonyl (C=O) groups is 1. The van der Waals surface area contributed by atoms with Crippen LogP contribution < -0.4 is 5.32 Å². The second kappa shape index (κ2) is 7.87. The highest BCUT2D eigenvalue weighted by Crippen LogP contribution is 2.23. The monoisotopic (exact) mass is 411 g/mol. The van der Waals surface area contributed by atoms with Gasteiger partial charge in [0, 0.05) is 36.8 Å². The number of hydrogen-bond donors (Lipinski definition) is 1. The first-order valence-corrected chi connectivity index (χ1v) is 9.77. The van der Waals surface area contributed by atoms with Crippen LogP contribution >= 0.6 is 0 Å². The molecule has 1 N–H and O–H groups in total. The van der Waals surface area contributed by atoms with Crippen molar-refractivity contribution in [2.75, 3.05) is 0 Å². The molecular weight excluding hydrogens is 393 g/mol. The second-order valence-electron chi connectivity index (χ2n) is 7.09. The van der Waals surface area contributed by atoms with E-state index in [1.54, 1.807) is 41.5 Å². The van der Waals surface area contributed by atoms with Crippen molar-refractivity contribution >= 4 is 11.4 Å². The maximum absolute atomic E-state index is 13.3. The summed E-state index contributed by atoms with van der Waals surface area (Å²) < 4.78 is 16.9. The minimum atomic E-state index is -0.266. The smallest absolute Gasteiger partial charge is 0.272 e. The van der Waals surface area contributed by atoms with Gasteiger partial charge in [0.05, 0.1) is 0 Å². The normalized spacial score (nSPS) is 11.0. The van der Waals surface area contributed by atoms with Gasteiger partial charge in [0.2, 0.25) is 0 Å². The highest BCUT2D eigenvalue weighted by Gasteiger charge is 2.12. The van der Waals surface area contributed by atoms with Crippen molar-refractivity contribution in [3.8, 4) is 16.9 Å². The number of pyridine rings is 2. The lowest BCUT2D eigenvalue weighted by molar-refractivity contribution is 0.0945. The molecule has 5 aromatic rings. The molecule has 0 aliphatic carbocycles. The van der Waals surface area contributed by atoms with Crippen LogP contribution in [-0.4, -0.2) is 25.1 Å². The van der Waals surface area contributed by atoms with Gasteiger partial charge in [0.1, 0.15) is 11.6 Å². The van der Waals surface area contributed by atoms with Gasteiger partial charge in [0.25, 0.3) is 5.91 Å². The third-order valence-electron chi connectivity index (χ3n) is 5.07. The zero-order chi connectivity index (χ0) is 21.2. The van der Waals surface area contributed by atoms with Gasteiger partial charge >= 0.3 is 0 Å². The van der Waals surface area contributed by atoms with E-state index in [-0.39, 0.29) is 11.7 Å². The van der Waals surface area contributed by atoms with E-state index >= 15 is 0 Å². The summed E-state index contributed by atoms with van der Waals surface area (Å²) in [5.41, 5.74) is 4.15. The predicted molar refractivity (Wildman–Crippen MR) is 115 cm³/mol. The lowest BCUT2D eigenvalue weighted by atomic mass is 10.1. The van der Waals surface area contributed by atoms with Gasteiger partial charge < -0.3 is 9.72 Å². The van der Waals surface area contributed by atoms with E-state index in [4.69, 9.17) is 0 Å². The lowest BCUT2D eigenvalue weighted by Crippen LogP contribution is -2.23. The summed E-state index contributed by atoms with van der Waals surface area (Å²) in [5.74, 6) is 0.285. The van der Waals surface area contributed by atoms with Crippen LogP contribution in [0.4, 0.5) is 4.39 Å². The maximum atomic E-state index is 13.3. The molecule has 31 heavy (non-hydrogen) atoms. The Balaban J connectivity index is 1.41. The van der Waals surface area contributed by atoms with Crippen LogP contribution in [0.1, 0.15) is 16.1 Å². The van der Waals surface area contributed by atoms with Crippen molar-refractivity contribution in [2.45, 2.75) is 6.54 Å². The molecule has 0 fully saturated rings. The van der Waals surface area contributed by atoms with Crippen molar-refractivity contribution in [3.63, 3.8) is 0 Å². The molecule has 0 aliphatic rings. The van der Waals surface area contributed by atoms with Gasteiger partial charge in [-0.2, -0.15) is 5.10 Å². The molecule has 0 saturated carbocycles. The van der Waals surface area contributed by atoms with Gasteiger partial charge in [-0.05, 0) is 65.2 Å². The van der Waals surface area contributed by atoms with Crippen LogP contribution in [0.3, 0.4) is 0 Å². The number of nitrogens with one attached hydrogen (secondary N) is 1. The molecule has 152 valence electrons. The number of halogens is 1. The number of carbonyl (C=O) groups excluding carboxylic acids is 1. The number of benzene rings is 1. The van der Waals surface area contributed by atoms with Crippen molar-refractivity contribution in [3.05, 3.63) is 109 Å². The van der Waals surface area contributed by atoms with E-state index < -0.39 is 0 Å². The number of aromatic nitrogens is 4. The lowest BCUT2D eigenvalue weighted by Gasteiger charge is -2.07. The highest BCUT2D eigenvalue weighted by molar-refractivity contribution is 5.92. The average molecular weight is 411 g/mol. The van der Waals surface area contributed by atoms with E-state index in [0.717, 1.165) is 28.0 Å². The summed E-state index contributed by atoms with van der Waals surface area (Å²) in [7, 11) is 0. The number of amides is 1. The third kappa shape index (κ3) is 3.81. The molecule has 0 radical (unpaired) electrons. The Morgan fingerprint density at radius 3 is 2.45 bits per heavy atom. The van der Waals surface area contributed by atoms with Crippen LogP contribution in [0.2, 0.25) is 0 Å². The summed E-state index contributed by atoms with van der Waals surface area (Å²) in [4.78, 5) is 16.5. The molecule has 0 bridgehead atoms. The molecule has 5 rings (SSSR count). The highest BCUT2D eigenvalue weighted by atomic mass is 19.1. The quantitative estimate of drug-likeness (QED) is 0.470. The zero-order valence-corrected chi connectivity index (χ0v) is 16.4. The molecule has 1 amide bonds. The Morgan fingerprint density at radius 1 is 0.903 bits per heavy atom. The Bertz CT molecular complexity index is 1360. The number of nitrogens with zero attached hydrogens (tertiary/aromatic N) is 4. The Hall–Kier alpha value is -4.26. The first-order valence-electron chi connectivity index (χ1n) is 9.77. The topological polar surface area (TPSA) is 64.2 Å². The second-order valence-corrected chi connectivity index (χ2v) is 7.09. The minimum Gasteiger partial charge on any atom is -0.347 e. The van der Waals surface area contributed by atoms with Gasteiger partial charge in [-0.15, -0.1) is 0 Å². The molecule has 7 heteroatoms. The van der Waals surface area contributed by atoms with E-state index in [9.17, 15) is 9.18 Å². The van der Waals surface area contributed by atoms with E-state index in [1.165, 1.54) is 12.1 Å². The van der Waals surface area contributed by atoms with Crippen molar-refractivity contribution in [1.82, 2.24) is 24.5 Å². The minimum absolute atomic E-state index is 0.247. The van der Waals surface area contributed by atoms with Crippen LogP contribution in [0.25, 0.3) is 22.5 Å². The molecule has 0 saturated heterocycles. The maximum Gasteiger partial charge on any atom is 0.272 e. The Morgan fingerprint density at radius 2 is 1.65 bits per heavy atom. The molecule has 0 aliphatic heterocycles. The van der Waals surface area contributed by atoms with Crippen LogP contribution in [0, 0.1) is 5.82 Å². The molecule has 0 atom stereocenters. The fourth-order valence-electron chi connectivity index (χ4n) is 3.43. The molecular formula is C24H18FN5O. The van der Waals surface area contributed by atoms with Gasteiger partial charge in [-0.3, -0.25) is 9.78 Å². The number of fused-ring (bicyclic) bond motifs is 1. The molecule has 4 heterocycles. The SMILES string of the molecule is O=C(NCc1ccncc1)c1ccn(-c2ccc3ccc(-c4ccc(F)cc4)cn23)n1. The van der Waals surface area contributed by atoms with E-state index in [0.29, 0.717) is 12.2 Å². The number of rotatable bonds is 5. The zero-order valence-electron chi connectivity index (χ0n) is 16.4. The largest absolute Gasteiger partial charge is 0.347 e.